The molecule has 1 aromatic heterocycles. The quantitative estimate of drug-likeness (QED) is 0.689. The number of carbonyl (C=O) groups is 1. The van der Waals surface area contributed by atoms with Crippen molar-refractivity contribution in [2.75, 3.05) is 19.5 Å². The van der Waals surface area contributed by atoms with Crippen molar-refractivity contribution in [2.24, 2.45) is 0 Å². The molecule has 2 heterocycles. The molecular weight excluding hydrogens is 412 g/mol. The Bertz CT molecular complexity index is 1140. The van der Waals surface area contributed by atoms with Crippen LogP contribution in [-0.4, -0.2) is 24.7 Å². The Kier molecular flexibility index (Phi) is 4.39. The van der Waals surface area contributed by atoms with Crippen LogP contribution in [0.5, 0.6) is 11.5 Å². The number of carbonyl (C=O) groups excluding carboxylic acids is 1. The van der Waals surface area contributed by atoms with Gasteiger partial charge in [0.05, 0.1) is 19.7 Å². The van der Waals surface area contributed by atoms with E-state index in [1.807, 2.05) is 10.6 Å². The average Bonchev–Trinajstić information content (AvgIpc) is 3.07. The van der Waals surface area contributed by atoms with Crippen LogP contribution in [-0.2, 0) is 13.0 Å². The van der Waals surface area contributed by atoms with E-state index in [1.165, 1.54) is 7.11 Å². The molecule has 6 nitrogen and oxygen atoms in total. The van der Waals surface area contributed by atoms with Gasteiger partial charge in [-0.1, -0.05) is 15.9 Å². The highest BCUT2D eigenvalue weighted by molar-refractivity contribution is 9.10. The molecule has 0 atom stereocenters. The molecule has 0 bridgehead atoms. The minimum absolute atomic E-state index is 0.114. The smallest absolute Gasteiger partial charge is 0.261 e. The molecule has 0 saturated heterocycles. The number of aromatic nitrogens is 1. The van der Waals surface area contributed by atoms with E-state index in [-0.39, 0.29) is 11.0 Å². The van der Waals surface area contributed by atoms with Crippen LogP contribution >= 0.6 is 15.9 Å². The van der Waals surface area contributed by atoms with Crippen LogP contribution in [0.2, 0.25) is 0 Å². The van der Waals surface area contributed by atoms with E-state index >= 15 is 0 Å². The Balaban J connectivity index is 1.75. The van der Waals surface area contributed by atoms with Crippen LogP contribution in [0.4, 0.5) is 5.69 Å². The van der Waals surface area contributed by atoms with Crippen molar-refractivity contribution in [3.05, 3.63) is 62.4 Å². The third-order valence-corrected chi connectivity index (χ3v) is 5.18. The van der Waals surface area contributed by atoms with E-state index in [2.05, 4.69) is 21.2 Å². The van der Waals surface area contributed by atoms with Crippen LogP contribution in [0, 0.1) is 0 Å². The fraction of sp³-hybridized carbons (Fsp3) is 0.200. The summed E-state index contributed by atoms with van der Waals surface area (Å²) in [5, 5.41) is 3.33. The number of aryl methyl sites for hydroxylation is 2. The molecule has 0 saturated carbocycles. The van der Waals surface area contributed by atoms with E-state index in [0.717, 1.165) is 28.5 Å². The summed E-state index contributed by atoms with van der Waals surface area (Å²) in [4.78, 5) is 25.7. The number of benzene rings is 2. The molecular formula is C20H17BrN2O4. The van der Waals surface area contributed by atoms with E-state index in [0.29, 0.717) is 22.6 Å². The number of hydrogen-bond acceptors (Lipinski definition) is 4. The number of nitrogens with zero attached hydrogens (tertiary/aromatic N) is 1. The van der Waals surface area contributed by atoms with Gasteiger partial charge in [-0.2, -0.15) is 0 Å². The van der Waals surface area contributed by atoms with Gasteiger partial charge in [0.1, 0.15) is 5.56 Å². The normalized spacial score (nSPS) is 12.3. The molecule has 0 aliphatic carbocycles. The Hall–Kier alpha value is -2.80. The van der Waals surface area contributed by atoms with Gasteiger partial charge < -0.3 is 19.4 Å². The molecule has 3 aromatic rings. The summed E-state index contributed by atoms with van der Waals surface area (Å²) in [6.07, 6.45) is 2.49. The Labute approximate surface area is 163 Å². The summed E-state index contributed by atoms with van der Waals surface area (Å²) >= 11 is 3.45. The zero-order valence-electron chi connectivity index (χ0n) is 14.8. The van der Waals surface area contributed by atoms with Gasteiger partial charge in [-0.05, 0) is 36.2 Å². The lowest BCUT2D eigenvalue weighted by Crippen LogP contribution is -2.23. The number of anilines is 1. The van der Waals surface area contributed by atoms with E-state index in [9.17, 15) is 9.59 Å². The largest absolute Gasteiger partial charge is 0.493 e. The van der Waals surface area contributed by atoms with Crippen LogP contribution in [0.3, 0.4) is 0 Å². The molecule has 1 amide bonds. The zero-order valence-corrected chi connectivity index (χ0v) is 16.4. The molecule has 0 radical (unpaired) electrons. The lowest BCUT2D eigenvalue weighted by atomic mass is 10.1. The number of nitrogens with one attached hydrogen (secondary N) is 1. The first-order valence-electron chi connectivity index (χ1n) is 8.40. The van der Waals surface area contributed by atoms with E-state index < -0.39 is 5.91 Å². The van der Waals surface area contributed by atoms with Crippen molar-refractivity contribution >= 4 is 38.4 Å². The number of amides is 1. The summed E-state index contributed by atoms with van der Waals surface area (Å²) in [5.74, 6) is 0.607. The van der Waals surface area contributed by atoms with Crippen LogP contribution in [0.25, 0.3) is 10.9 Å². The summed E-state index contributed by atoms with van der Waals surface area (Å²) in [5.41, 5.74) is 2.38. The van der Waals surface area contributed by atoms with Crippen molar-refractivity contribution in [3.63, 3.8) is 0 Å². The SMILES string of the molecule is COc1ccc(NC(=O)c2cn3c4c(cc(Br)cc4c2=O)CC3)cc1OC. The molecule has 138 valence electrons. The lowest BCUT2D eigenvalue weighted by molar-refractivity contribution is 0.102. The number of pyridine rings is 1. The standard InChI is InChI=1S/C20H17BrN2O4/c1-26-16-4-3-13(9-17(16)27-2)22-20(25)15-10-23-6-5-11-7-12(21)8-14(18(11)23)19(15)24/h3-4,7-10H,5-6H2,1-2H3,(H,22,25). The van der Waals surface area contributed by atoms with Crippen molar-refractivity contribution < 1.29 is 14.3 Å². The highest BCUT2D eigenvalue weighted by Crippen LogP contribution is 2.30. The summed E-state index contributed by atoms with van der Waals surface area (Å²) in [6.45, 7) is 0.749. The Morgan fingerprint density at radius 3 is 2.67 bits per heavy atom. The number of ether oxygens (including phenoxy) is 2. The zero-order chi connectivity index (χ0) is 19.1. The van der Waals surface area contributed by atoms with Crippen LogP contribution < -0.4 is 20.2 Å². The fourth-order valence-electron chi connectivity index (χ4n) is 3.47. The Morgan fingerprint density at radius 2 is 1.93 bits per heavy atom. The number of halogens is 1. The maximum Gasteiger partial charge on any atom is 0.261 e. The van der Waals surface area contributed by atoms with Gasteiger partial charge in [-0.15, -0.1) is 0 Å². The van der Waals surface area contributed by atoms with Crippen molar-refractivity contribution in [2.45, 2.75) is 13.0 Å². The minimum atomic E-state index is -0.453. The summed E-state index contributed by atoms with van der Waals surface area (Å²) in [6, 6.07) is 8.85. The second-order valence-corrected chi connectivity index (χ2v) is 7.22. The van der Waals surface area contributed by atoms with Gasteiger partial charge >= 0.3 is 0 Å². The maximum atomic E-state index is 12.9. The van der Waals surface area contributed by atoms with Gasteiger partial charge in [-0.3, -0.25) is 9.59 Å². The fourth-order valence-corrected chi connectivity index (χ4v) is 3.98. The Morgan fingerprint density at radius 1 is 1.15 bits per heavy atom. The predicted molar refractivity (Wildman–Crippen MR) is 107 cm³/mol. The predicted octanol–water partition coefficient (Wildman–Crippen LogP) is 3.59. The number of hydrogen-bond donors (Lipinski definition) is 1. The van der Waals surface area contributed by atoms with Gasteiger partial charge in [0, 0.05) is 34.4 Å². The molecule has 7 heteroatoms. The van der Waals surface area contributed by atoms with Gasteiger partial charge in [0.2, 0.25) is 5.43 Å². The van der Waals surface area contributed by atoms with Crippen molar-refractivity contribution in [1.29, 1.82) is 0 Å². The molecule has 0 unspecified atom stereocenters. The second kappa shape index (κ2) is 6.74. The van der Waals surface area contributed by atoms with Gasteiger partial charge in [0.15, 0.2) is 11.5 Å². The molecule has 27 heavy (non-hydrogen) atoms. The molecule has 2 aromatic carbocycles. The summed E-state index contributed by atoms with van der Waals surface area (Å²) < 4.78 is 13.3. The molecule has 1 aliphatic rings. The topological polar surface area (TPSA) is 69.6 Å². The monoisotopic (exact) mass is 428 g/mol. The minimum Gasteiger partial charge on any atom is -0.493 e. The first-order chi connectivity index (χ1) is 13.0. The third kappa shape index (κ3) is 2.98. The molecule has 4 rings (SSSR count). The van der Waals surface area contributed by atoms with Gasteiger partial charge in [0.25, 0.3) is 5.91 Å². The van der Waals surface area contributed by atoms with Gasteiger partial charge in [-0.25, -0.2) is 0 Å². The van der Waals surface area contributed by atoms with Crippen molar-refractivity contribution in [1.82, 2.24) is 4.57 Å². The third-order valence-electron chi connectivity index (χ3n) is 4.72. The maximum absolute atomic E-state index is 12.9. The van der Waals surface area contributed by atoms with Crippen LogP contribution in [0.15, 0.2) is 45.8 Å². The highest BCUT2D eigenvalue weighted by Gasteiger charge is 2.21. The number of rotatable bonds is 4. The molecule has 0 spiro atoms. The second-order valence-electron chi connectivity index (χ2n) is 6.30. The van der Waals surface area contributed by atoms with E-state index in [4.69, 9.17) is 9.47 Å². The molecule has 0 fully saturated rings. The first kappa shape index (κ1) is 17.6. The molecule has 1 aliphatic heterocycles. The highest BCUT2D eigenvalue weighted by atomic mass is 79.9. The molecule has 1 N–H and O–H groups in total. The summed E-state index contributed by atoms with van der Waals surface area (Å²) in [7, 11) is 3.07. The van der Waals surface area contributed by atoms with Crippen LogP contribution in [0.1, 0.15) is 15.9 Å². The van der Waals surface area contributed by atoms with Crippen molar-refractivity contribution in [3.8, 4) is 11.5 Å². The number of methoxy groups -OCH3 is 2. The lowest BCUT2D eigenvalue weighted by Gasteiger charge is -2.12. The first-order valence-corrected chi connectivity index (χ1v) is 9.20. The van der Waals surface area contributed by atoms with E-state index in [1.54, 1.807) is 37.6 Å². The average molecular weight is 429 g/mol.